The first-order valence-corrected chi connectivity index (χ1v) is 10.3. The predicted octanol–water partition coefficient (Wildman–Crippen LogP) is 3.38. The molecule has 178 valence electrons. The van der Waals surface area contributed by atoms with Crippen LogP contribution in [-0.4, -0.2) is 46.6 Å². The molecule has 2 rings (SSSR count). The molecule has 0 aromatic heterocycles. The Hall–Kier alpha value is -3.75. The molecule has 0 saturated heterocycles. The third kappa shape index (κ3) is 6.86. The molecule has 0 fully saturated rings. The molecule has 0 aliphatic carbocycles. The number of amides is 1. The number of carbonyl (C=O) groups is 3. The van der Waals surface area contributed by atoms with Crippen LogP contribution >= 0.6 is 0 Å². The highest BCUT2D eigenvalue weighted by atomic mass is 16.7. The van der Waals surface area contributed by atoms with Crippen LogP contribution in [0.1, 0.15) is 46.0 Å². The molecule has 1 N–H and O–H groups in total. The molecular formula is C24H29NO8. The van der Waals surface area contributed by atoms with E-state index in [1.807, 2.05) is 25.1 Å². The average molecular weight is 459 g/mol. The monoisotopic (exact) mass is 459 g/mol. The maximum Gasteiger partial charge on any atom is 0.332 e. The van der Waals surface area contributed by atoms with Crippen LogP contribution in [0.15, 0.2) is 30.3 Å². The zero-order valence-corrected chi connectivity index (χ0v) is 19.4. The van der Waals surface area contributed by atoms with E-state index in [1.54, 1.807) is 14.2 Å². The second-order valence-corrected chi connectivity index (χ2v) is 7.36. The molecule has 1 atom stereocenters. The summed E-state index contributed by atoms with van der Waals surface area (Å²) in [6.07, 6.45) is 2.19. The zero-order chi connectivity index (χ0) is 24.4. The molecule has 2 aromatic carbocycles. The fraction of sp³-hybridized carbons (Fsp3) is 0.375. The predicted molar refractivity (Wildman–Crippen MR) is 120 cm³/mol. The summed E-state index contributed by atoms with van der Waals surface area (Å²) in [6, 6.07) is 8.47. The van der Waals surface area contributed by atoms with Gasteiger partial charge < -0.3 is 23.8 Å². The normalized spacial score (nSPS) is 11.2. The summed E-state index contributed by atoms with van der Waals surface area (Å²) < 4.78 is 20.9. The summed E-state index contributed by atoms with van der Waals surface area (Å²) in [5, 5.41) is 0. The van der Waals surface area contributed by atoms with Gasteiger partial charge in [0, 0.05) is 5.56 Å². The molecule has 9 heteroatoms. The molecule has 0 radical (unpaired) electrons. The summed E-state index contributed by atoms with van der Waals surface area (Å²) >= 11 is 0. The van der Waals surface area contributed by atoms with Crippen LogP contribution in [-0.2, 0) is 16.1 Å². The minimum atomic E-state index is -0.729. The van der Waals surface area contributed by atoms with Gasteiger partial charge in [-0.1, -0.05) is 13.0 Å². The van der Waals surface area contributed by atoms with Gasteiger partial charge in [-0.05, 0) is 48.6 Å². The number of carbonyl (C=O) groups excluding carboxylic acids is 3. The van der Waals surface area contributed by atoms with Crippen LogP contribution in [0.5, 0.6) is 23.0 Å². The van der Waals surface area contributed by atoms with Gasteiger partial charge in [-0.2, -0.15) is 5.48 Å². The number of methoxy groups -OCH3 is 4. The Morgan fingerprint density at radius 2 is 1.52 bits per heavy atom. The van der Waals surface area contributed by atoms with Gasteiger partial charge in [0.25, 0.3) is 5.91 Å². The lowest BCUT2D eigenvalue weighted by Crippen LogP contribution is -2.28. The quantitative estimate of drug-likeness (QED) is 0.402. The zero-order valence-electron chi connectivity index (χ0n) is 19.4. The molecule has 1 amide bonds. The molecule has 0 aliphatic heterocycles. The first kappa shape index (κ1) is 25.5. The Kier molecular flexibility index (Phi) is 9.53. The third-order valence-corrected chi connectivity index (χ3v) is 5.04. The van der Waals surface area contributed by atoms with E-state index in [4.69, 9.17) is 23.8 Å². The Balaban J connectivity index is 1.91. The lowest BCUT2D eigenvalue weighted by Gasteiger charge is -2.15. The Morgan fingerprint density at radius 3 is 2.06 bits per heavy atom. The Morgan fingerprint density at radius 1 is 0.909 bits per heavy atom. The first-order chi connectivity index (χ1) is 15.9. The standard InChI is InChI=1S/C24H29NO8/c1-15(6-7-16-8-9-18(29-2)19(11-16)30-3)10-22(27)33-25-24(28)23-20(31-4)12-17(14-26)13-21(23)32-5/h8-9,11-15H,6-7,10H2,1-5H3,(H,25,28). The summed E-state index contributed by atoms with van der Waals surface area (Å²) in [4.78, 5) is 40.8. The minimum absolute atomic E-state index is 0.0124. The highest BCUT2D eigenvalue weighted by molar-refractivity contribution is 6.00. The number of aldehydes is 1. The molecule has 2 aromatic rings. The average Bonchev–Trinajstić information content (AvgIpc) is 2.84. The van der Waals surface area contributed by atoms with Gasteiger partial charge in [0.05, 0.1) is 34.9 Å². The van der Waals surface area contributed by atoms with Crippen molar-refractivity contribution in [2.45, 2.75) is 26.2 Å². The van der Waals surface area contributed by atoms with E-state index in [0.717, 1.165) is 18.4 Å². The van der Waals surface area contributed by atoms with E-state index in [2.05, 4.69) is 5.48 Å². The molecule has 0 aliphatic rings. The maximum absolute atomic E-state index is 12.6. The van der Waals surface area contributed by atoms with Crippen molar-refractivity contribution in [1.82, 2.24) is 5.48 Å². The second kappa shape index (κ2) is 12.3. The number of hydrogen-bond acceptors (Lipinski definition) is 8. The third-order valence-electron chi connectivity index (χ3n) is 5.04. The second-order valence-electron chi connectivity index (χ2n) is 7.36. The van der Waals surface area contributed by atoms with E-state index in [-0.39, 0.29) is 35.0 Å². The van der Waals surface area contributed by atoms with Gasteiger partial charge in [-0.25, -0.2) is 4.79 Å². The molecule has 1 unspecified atom stereocenters. The van der Waals surface area contributed by atoms with Gasteiger partial charge in [-0.3, -0.25) is 9.59 Å². The van der Waals surface area contributed by atoms with Crippen LogP contribution in [0, 0.1) is 5.92 Å². The van der Waals surface area contributed by atoms with Gasteiger partial charge in [-0.15, -0.1) is 0 Å². The number of hydrogen-bond donors (Lipinski definition) is 1. The molecule has 33 heavy (non-hydrogen) atoms. The van der Waals surface area contributed by atoms with Crippen LogP contribution in [0.2, 0.25) is 0 Å². The lowest BCUT2D eigenvalue weighted by atomic mass is 9.98. The highest BCUT2D eigenvalue weighted by Gasteiger charge is 2.22. The van der Waals surface area contributed by atoms with E-state index >= 15 is 0 Å². The largest absolute Gasteiger partial charge is 0.496 e. The van der Waals surface area contributed by atoms with Gasteiger partial charge in [0.2, 0.25) is 0 Å². The Bertz CT molecular complexity index is 963. The van der Waals surface area contributed by atoms with Crippen molar-refractivity contribution in [2.75, 3.05) is 28.4 Å². The summed E-state index contributed by atoms with van der Waals surface area (Å²) in [5.74, 6) is 0.248. The highest BCUT2D eigenvalue weighted by Crippen LogP contribution is 2.30. The van der Waals surface area contributed by atoms with E-state index in [1.165, 1.54) is 26.4 Å². The van der Waals surface area contributed by atoms with E-state index < -0.39 is 11.9 Å². The summed E-state index contributed by atoms with van der Waals surface area (Å²) in [7, 11) is 5.87. The van der Waals surface area contributed by atoms with Crippen LogP contribution < -0.4 is 24.4 Å². The van der Waals surface area contributed by atoms with Crippen molar-refractivity contribution in [1.29, 1.82) is 0 Å². The number of rotatable bonds is 11. The van der Waals surface area contributed by atoms with Crippen molar-refractivity contribution < 1.29 is 38.2 Å². The van der Waals surface area contributed by atoms with Gasteiger partial charge in [0.1, 0.15) is 23.3 Å². The van der Waals surface area contributed by atoms with Gasteiger partial charge in [0.15, 0.2) is 11.5 Å². The van der Waals surface area contributed by atoms with Crippen molar-refractivity contribution in [2.24, 2.45) is 5.92 Å². The fourth-order valence-corrected chi connectivity index (χ4v) is 3.26. The molecule has 9 nitrogen and oxygen atoms in total. The number of aryl methyl sites for hydroxylation is 1. The maximum atomic E-state index is 12.6. The van der Waals surface area contributed by atoms with Crippen LogP contribution in [0.3, 0.4) is 0 Å². The number of benzene rings is 2. The van der Waals surface area contributed by atoms with Crippen molar-refractivity contribution in [3.63, 3.8) is 0 Å². The van der Waals surface area contributed by atoms with Crippen molar-refractivity contribution in [3.05, 3.63) is 47.0 Å². The molecule has 0 saturated carbocycles. The number of nitrogens with one attached hydrogen (secondary N) is 1. The molecule has 0 heterocycles. The summed E-state index contributed by atoms with van der Waals surface area (Å²) in [5.41, 5.74) is 3.47. The van der Waals surface area contributed by atoms with E-state index in [9.17, 15) is 14.4 Å². The van der Waals surface area contributed by atoms with E-state index in [0.29, 0.717) is 17.8 Å². The molecule has 0 bridgehead atoms. The summed E-state index contributed by atoms with van der Waals surface area (Å²) in [6.45, 7) is 1.92. The van der Waals surface area contributed by atoms with Crippen molar-refractivity contribution >= 4 is 18.2 Å². The molecular weight excluding hydrogens is 430 g/mol. The topological polar surface area (TPSA) is 109 Å². The minimum Gasteiger partial charge on any atom is -0.496 e. The smallest absolute Gasteiger partial charge is 0.332 e. The molecule has 0 spiro atoms. The van der Waals surface area contributed by atoms with Gasteiger partial charge >= 0.3 is 5.97 Å². The van der Waals surface area contributed by atoms with Crippen LogP contribution in [0.4, 0.5) is 0 Å². The lowest BCUT2D eigenvalue weighted by molar-refractivity contribution is -0.150. The Labute approximate surface area is 192 Å². The number of hydroxylamine groups is 1. The number of ether oxygens (including phenoxy) is 4. The first-order valence-electron chi connectivity index (χ1n) is 10.3. The fourth-order valence-electron chi connectivity index (χ4n) is 3.26. The SMILES string of the molecule is COc1ccc(CCC(C)CC(=O)ONC(=O)c2c(OC)cc(C=O)cc2OC)cc1OC. The van der Waals surface area contributed by atoms with Crippen LogP contribution in [0.25, 0.3) is 0 Å². The van der Waals surface area contributed by atoms with Crippen molar-refractivity contribution in [3.8, 4) is 23.0 Å².